The Morgan fingerprint density at radius 3 is 3.20 bits per heavy atom. The van der Waals surface area contributed by atoms with Gasteiger partial charge in [0.05, 0.1) is 6.54 Å². The molecule has 3 heteroatoms. The van der Waals surface area contributed by atoms with E-state index in [1.165, 1.54) is 5.69 Å². The van der Waals surface area contributed by atoms with E-state index in [1.807, 2.05) is 5.01 Å². The summed E-state index contributed by atoms with van der Waals surface area (Å²) in [4.78, 5) is 0. The zero-order chi connectivity index (χ0) is 6.97. The number of fused-ring (bicyclic) bond motifs is 1. The Kier molecular flexibility index (Phi) is 1.25. The molecule has 2 rings (SSSR count). The van der Waals surface area contributed by atoms with E-state index in [0.29, 0.717) is 0 Å². The second-order valence-electron chi connectivity index (χ2n) is 2.66. The molecular formula is C7H11N3. The summed E-state index contributed by atoms with van der Waals surface area (Å²) in [5.74, 6) is 5.63. The molecule has 0 spiro atoms. The van der Waals surface area contributed by atoms with E-state index < -0.39 is 0 Å². The van der Waals surface area contributed by atoms with Crippen molar-refractivity contribution in [1.82, 2.24) is 9.58 Å². The molecule has 2 heterocycles. The first-order valence-electron chi connectivity index (χ1n) is 3.50. The predicted octanol–water partition coefficient (Wildman–Crippen LogP) is 0.177. The number of hydrogen-bond donors (Lipinski definition) is 1. The Morgan fingerprint density at radius 2 is 2.30 bits per heavy atom. The minimum atomic E-state index is 0.882. The quantitative estimate of drug-likeness (QED) is 0.517. The van der Waals surface area contributed by atoms with Crippen molar-refractivity contribution in [3.63, 3.8) is 0 Å². The average Bonchev–Trinajstić information content (AvgIpc) is 2.33. The molecule has 2 N–H and O–H groups in total. The molecule has 54 valence electrons. The van der Waals surface area contributed by atoms with Gasteiger partial charge < -0.3 is 4.57 Å². The van der Waals surface area contributed by atoms with E-state index in [0.717, 1.165) is 19.6 Å². The summed E-state index contributed by atoms with van der Waals surface area (Å²) in [5.41, 5.74) is 1.31. The van der Waals surface area contributed by atoms with Gasteiger partial charge >= 0.3 is 0 Å². The molecule has 1 aliphatic rings. The number of nitrogens with zero attached hydrogens (tertiary/aromatic N) is 2. The summed E-state index contributed by atoms with van der Waals surface area (Å²) >= 11 is 0. The van der Waals surface area contributed by atoms with Crippen LogP contribution in [0.3, 0.4) is 0 Å². The standard InChI is InChI=1S/C7H11N3/c8-10-5-4-9-3-1-2-7(9)6-10/h1-3H,4-6,8H2. The topological polar surface area (TPSA) is 34.2 Å². The Labute approximate surface area is 60.0 Å². The highest BCUT2D eigenvalue weighted by Gasteiger charge is 2.10. The van der Waals surface area contributed by atoms with Gasteiger partial charge in [0.15, 0.2) is 0 Å². The van der Waals surface area contributed by atoms with Crippen LogP contribution in [0, 0.1) is 0 Å². The molecular weight excluding hydrogens is 126 g/mol. The van der Waals surface area contributed by atoms with Crippen molar-refractivity contribution in [2.45, 2.75) is 13.1 Å². The molecule has 0 unspecified atom stereocenters. The van der Waals surface area contributed by atoms with Crippen LogP contribution in [0.1, 0.15) is 5.69 Å². The van der Waals surface area contributed by atoms with Gasteiger partial charge in [0.1, 0.15) is 0 Å². The Hall–Kier alpha value is -0.800. The van der Waals surface area contributed by atoms with Crippen molar-refractivity contribution in [3.05, 3.63) is 24.0 Å². The van der Waals surface area contributed by atoms with E-state index in [4.69, 9.17) is 5.84 Å². The number of rotatable bonds is 0. The fraction of sp³-hybridized carbons (Fsp3) is 0.429. The van der Waals surface area contributed by atoms with E-state index >= 15 is 0 Å². The fourth-order valence-corrected chi connectivity index (χ4v) is 1.33. The maximum atomic E-state index is 5.63. The van der Waals surface area contributed by atoms with E-state index in [1.54, 1.807) is 0 Å². The number of hydrogen-bond acceptors (Lipinski definition) is 2. The van der Waals surface area contributed by atoms with Crippen LogP contribution < -0.4 is 5.84 Å². The summed E-state index contributed by atoms with van der Waals surface area (Å²) in [6.45, 7) is 2.87. The molecule has 0 aliphatic carbocycles. The molecule has 1 aromatic rings. The molecule has 0 aromatic carbocycles. The maximum Gasteiger partial charge on any atom is 0.0533 e. The first kappa shape index (κ1) is 5.95. The van der Waals surface area contributed by atoms with Crippen LogP contribution in [0.2, 0.25) is 0 Å². The summed E-state index contributed by atoms with van der Waals surface area (Å²) in [7, 11) is 0. The predicted molar refractivity (Wildman–Crippen MR) is 39.0 cm³/mol. The molecule has 0 saturated carbocycles. The van der Waals surface area contributed by atoms with Crippen molar-refractivity contribution in [1.29, 1.82) is 0 Å². The van der Waals surface area contributed by atoms with Gasteiger partial charge in [-0.25, -0.2) is 5.01 Å². The highest BCUT2D eigenvalue weighted by molar-refractivity contribution is 5.08. The van der Waals surface area contributed by atoms with Crippen molar-refractivity contribution in [2.24, 2.45) is 5.84 Å². The van der Waals surface area contributed by atoms with Crippen molar-refractivity contribution >= 4 is 0 Å². The summed E-state index contributed by atoms with van der Waals surface area (Å²) in [6.07, 6.45) is 2.10. The molecule has 1 aromatic heterocycles. The van der Waals surface area contributed by atoms with E-state index in [-0.39, 0.29) is 0 Å². The van der Waals surface area contributed by atoms with Crippen LogP contribution in [0.4, 0.5) is 0 Å². The second-order valence-corrected chi connectivity index (χ2v) is 2.66. The summed E-state index contributed by atoms with van der Waals surface area (Å²) in [5, 5.41) is 1.84. The largest absolute Gasteiger partial charge is 0.349 e. The molecule has 0 bridgehead atoms. The summed E-state index contributed by atoms with van der Waals surface area (Å²) in [6, 6.07) is 4.17. The molecule has 0 atom stereocenters. The van der Waals surface area contributed by atoms with Crippen LogP contribution in [-0.2, 0) is 13.1 Å². The van der Waals surface area contributed by atoms with Gasteiger partial charge in [-0.05, 0) is 12.1 Å². The lowest BCUT2D eigenvalue weighted by molar-refractivity contribution is 0.227. The van der Waals surface area contributed by atoms with Crippen LogP contribution >= 0.6 is 0 Å². The molecule has 0 amide bonds. The van der Waals surface area contributed by atoms with E-state index in [2.05, 4.69) is 22.9 Å². The Bertz CT molecular complexity index is 229. The third-order valence-corrected chi connectivity index (χ3v) is 1.92. The van der Waals surface area contributed by atoms with Crippen LogP contribution in [-0.4, -0.2) is 16.1 Å². The maximum absolute atomic E-state index is 5.63. The van der Waals surface area contributed by atoms with Gasteiger partial charge in [-0.15, -0.1) is 0 Å². The molecule has 0 radical (unpaired) electrons. The van der Waals surface area contributed by atoms with Gasteiger partial charge in [-0.1, -0.05) is 0 Å². The van der Waals surface area contributed by atoms with Gasteiger partial charge in [0.2, 0.25) is 0 Å². The van der Waals surface area contributed by atoms with E-state index in [9.17, 15) is 0 Å². The molecule has 0 saturated heterocycles. The first-order chi connectivity index (χ1) is 4.86. The Morgan fingerprint density at radius 1 is 1.40 bits per heavy atom. The monoisotopic (exact) mass is 137 g/mol. The van der Waals surface area contributed by atoms with Crippen LogP contribution in [0.25, 0.3) is 0 Å². The SMILES string of the molecule is NN1CCn2cccc2C1. The van der Waals surface area contributed by atoms with Crippen molar-refractivity contribution in [3.8, 4) is 0 Å². The minimum Gasteiger partial charge on any atom is -0.349 e. The number of hydrazine groups is 1. The lowest BCUT2D eigenvalue weighted by Gasteiger charge is -2.23. The number of nitrogens with two attached hydrogens (primary N) is 1. The third kappa shape index (κ3) is 0.836. The lowest BCUT2D eigenvalue weighted by Crippen LogP contribution is -2.38. The highest BCUT2D eigenvalue weighted by Crippen LogP contribution is 2.08. The third-order valence-electron chi connectivity index (χ3n) is 1.92. The first-order valence-corrected chi connectivity index (χ1v) is 3.50. The van der Waals surface area contributed by atoms with Gasteiger partial charge in [0.25, 0.3) is 0 Å². The average molecular weight is 137 g/mol. The van der Waals surface area contributed by atoms with Gasteiger partial charge in [-0.2, -0.15) is 0 Å². The van der Waals surface area contributed by atoms with Crippen molar-refractivity contribution < 1.29 is 0 Å². The zero-order valence-electron chi connectivity index (χ0n) is 5.83. The lowest BCUT2D eigenvalue weighted by atomic mass is 10.3. The Balaban J connectivity index is 2.30. The molecule has 10 heavy (non-hydrogen) atoms. The molecule has 1 aliphatic heterocycles. The second kappa shape index (κ2) is 2.11. The van der Waals surface area contributed by atoms with Crippen molar-refractivity contribution in [2.75, 3.05) is 6.54 Å². The van der Waals surface area contributed by atoms with Gasteiger partial charge in [0, 0.05) is 25.0 Å². The van der Waals surface area contributed by atoms with Crippen LogP contribution in [0.5, 0.6) is 0 Å². The minimum absolute atomic E-state index is 0.882. The molecule has 0 fully saturated rings. The zero-order valence-corrected chi connectivity index (χ0v) is 5.83. The van der Waals surface area contributed by atoms with Gasteiger partial charge in [-0.3, -0.25) is 5.84 Å². The number of aromatic nitrogens is 1. The van der Waals surface area contributed by atoms with Crippen LogP contribution in [0.15, 0.2) is 18.3 Å². The highest BCUT2D eigenvalue weighted by atomic mass is 15.4. The normalized spacial score (nSPS) is 18.9. The fourth-order valence-electron chi connectivity index (χ4n) is 1.33. The molecule has 3 nitrogen and oxygen atoms in total. The summed E-state index contributed by atoms with van der Waals surface area (Å²) < 4.78 is 2.24. The smallest absolute Gasteiger partial charge is 0.0533 e.